The number of carbonyl (C=O) groups excluding carboxylic acids is 2. The molecule has 0 aliphatic carbocycles. The summed E-state index contributed by atoms with van der Waals surface area (Å²) in [7, 11) is 0. The number of piperidine rings is 1. The van der Waals surface area contributed by atoms with Crippen molar-refractivity contribution in [1.29, 1.82) is 0 Å². The van der Waals surface area contributed by atoms with E-state index in [2.05, 4.69) is 5.32 Å². The Morgan fingerprint density at radius 1 is 1.26 bits per heavy atom. The Labute approximate surface area is 159 Å². The molecular formula is C20H28FN3O3. The van der Waals surface area contributed by atoms with Crippen molar-refractivity contribution < 1.29 is 18.7 Å². The Hall–Kier alpha value is -1.99. The van der Waals surface area contributed by atoms with Gasteiger partial charge in [-0.3, -0.25) is 9.59 Å². The predicted molar refractivity (Wildman–Crippen MR) is 99.5 cm³/mol. The van der Waals surface area contributed by atoms with E-state index in [9.17, 15) is 14.0 Å². The maximum absolute atomic E-state index is 13.6. The van der Waals surface area contributed by atoms with Crippen molar-refractivity contribution in [3.8, 4) is 0 Å². The minimum absolute atomic E-state index is 0.0220. The van der Waals surface area contributed by atoms with Gasteiger partial charge in [0.25, 0.3) is 0 Å². The zero-order chi connectivity index (χ0) is 19.3. The van der Waals surface area contributed by atoms with Crippen molar-refractivity contribution in [2.45, 2.75) is 31.1 Å². The van der Waals surface area contributed by atoms with Gasteiger partial charge >= 0.3 is 0 Å². The Kier molecular flexibility index (Phi) is 6.44. The summed E-state index contributed by atoms with van der Waals surface area (Å²) in [5.41, 5.74) is 5.57. The average molecular weight is 377 g/mol. The predicted octanol–water partition coefficient (Wildman–Crippen LogP) is 1.19. The number of hydrogen-bond donors (Lipinski definition) is 2. The number of nitrogens with zero attached hydrogens (tertiary/aromatic N) is 1. The van der Waals surface area contributed by atoms with Gasteiger partial charge in [0, 0.05) is 39.4 Å². The molecule has 6 nitrogen and oxygen atoms in total. The van der Waals surface area contributed by atoms with Gasteiger partial charge in [0.1, 0.15) is 5.82 Å². The lowest BCUT2D eigenvalue weighted by molar-refractivity contribution is -0.144. The Bertz CT molecular complexity index is 659. The van der Waals surface area contributed by atoms with E-state index >= 15 is 0 Å². The molecule has 1 aromatic rings. The maximum Gasteiger partial charge on any atom is 0.233 e. The molecule has 2 fully saturated rings. The minimum atomic E-state index is -0.707. The molecular weight excluding hydrogens is 349 g/mol. The first-order chi connectivity index (χ1) is 13.1. The van der Waals surface area contributed by atoms with Gasteiger partial charge in [-0.1, -0.05) is 12.1 Å². The van der Waals surface area contributed by atoms with Crippen molar-refractivity contribution in [2.24, 2.45) is 11.7 Å². The highest BCUT2D eigenvalue weighted by atomic mass is 19.1. The summed E-state index contributed by atoms with van der Waals surface area (Å²) in [5.74, 6) is -0.545. The van der Waals surface area contributed by atoms with Crippen molar-refractivity contribution >= 4 is 11.8 Å². The lowest BCUT2D eigenvalue weighted by atomic mass is 9.72. The van der Waals surface area contributed by atoms with E-state index in [1.165, 1.54) is 12.1 Å². The molecule has 2 aliphatic heterocycles. The molecule has 1 aromatic carbocycles. The quantitative estimate of drug-likeness (QED) is 0.807. The highest BCUT2D eigenvalue weighted by molar-refractivity contribution is 5.89. The number of carbonyl (C=O) groups is 2. The third kappa shape index (κ3) is 4.30. The molecule has 0 saturated carbocycles. The van der Waals surface area contributed by atoms with Gasteiger partial charge in [-0.05, 0) is 43.4 Å². The van der Waals surface area contributed by atoms with Gasteiger partial charge in [-0.2, -0.15) is 0 Å². The monoisotopic (exact) mass is 377 g/mol. The molecule has 7 heteroatoms. The zero-order valence-electron chi connectivity index (χ0n) is 15.6. The highest BCUT2D eigenvalue weighted by Crippen LogP contribution is 2.38. The summed E-state index contributed by atoms with van der Waals surface area (Å²) in [6, 6.07) is 6.21. The largest absolute Gasteiger partial charge is 0.381 e. The Morgan fingerprint density at radius 2 is 1.96 bits per heavy atom. The summed E-state index contributed by atoms with van der Waals surface area (Å²) in [6.07, 6.45) is 2.70. The molecule has 3 rings (SSSR count). The number of nitrogens with one attached hydrogen (secondary N) is 1. The normalized spacial score (nSPS) is 22.3. The smallest absolute Gasteiger partial charge is 0.233 e. The van der Waals surface area contributed by atoms with Gasteiger partial charge in [-0.15, -0.1) is 0 Å². The fourth-order valence-electron chi connectivity index (χ4n) is 4.13. The molecule has 0 aromatic heterocycles. The number of likely N-dealkylation sites (tertiary alicyclic amines) is 1. The summed E-state index contributed by atoms with van der Waals surface area (Å²) in [5, 5.41) is 2.82. The Morgan fingerprint density at radius 3 is 2.63 bits per heavy atom. The molecule has 0 spiro atoms. The molecule has 27 heavy (non-hydrogen) atoms. The molecule has 0 bridgehead atoms. The van der Waals surface area contributed by atoms with E-state index in [0.717, 1.165) is 18.4 Å². The van der Waals surface area contributed by atoms with Gasteiger partial charge in [0.15, 0.2) is 0 Å². The Balaban J connectivity index is 1.79. The van der Waals surface area contributed by atoms with Crippen LogP contribution in [-0.4, -0.2) is 56.1 Å². The summed E-state index contributed by atoms with van der Waals surface area (Å²) < 4.78 is 18.9. The van der Waals surface area contributed by atoms with Crippen LogP contribution >= 0.6 is 0 Å². The SMILES string of the molecule is NCCNC(=O)C1CCCN(C(=O)C2(c3ccc(F)cc3)CCOCC2)C1. The van der Waals surface area contributed by atoms with Gasteiger partial charge < -0.3 is 20.7 Å². The first kappa shape index (κ1) is 19.8. The second kappa shape index (κ2) is 8.80. The number of benzene rings is 1. The van der Waals surface area contributed by atoms with E-state index in [-0.39, 0.29) is 23.5 Å². The third-order valence-corrected chi connectivity index (χ3v) is 5.68. The summed E-state index contributed by atoms with van der Waals surface area (Å²) in [6.45, 7) is 2.89. The molecule has 0 radical (unpaired) electrons. The van der Waals surface area contributed by atoms with Crippen LogP contribution in [0.2, 0.25) is 0 Å². The lowest BCUT2D eigenvalue weighted by Crippen LogP contribution is -2.54. The lowest BCUT2D eigenvalue weighted by Gasteiger charge is -2.42. The van der Waals surface area contributed by atoms with Crippen LogP contribution < -0.4 is 11.1 Å². The number of hydrogen-bond acceptors (Lipinski definition) is 4. The van der Waals surface area contributed by atoms with Crippen LogP contribution in [0.25, 0.3) is 0 Å². The van der Waals surface area contributed by atoms with Crippen molar-refractivity contribution in [2.75, 3.05) is 39.4 Å². The van der Waals surface area contributed by atoms with E-state index in [4.69, 9.17) is 10.5 Å². The van der Waals surface area contributed by atoms with Crippen LogP contribution in [0.1, 0.15) is 31.2 Å². The van der Waals surface area contributed by atoms with Crippen molar-refractivity contribution in [3.63, 3.8) is 0 Å². The van der Waals surface area contributed by atoms with Crippen molar-refractivity contribution in [3.05, 3.63) is 35.6 Å². The van der Waals surface area contributed by atoms with Gasteiger partial charge in [0.2, 0.25) is 11.8 Å². The number of ether oxygens (including phenoxy) is 1. The minimum Gasteiger partial charge on any atom is -0.381 e. The number of nitrogens with two attached hydrogens (primary N) is 1. The molecule has 2 aliphatic rings. The summed E-state index contributed by atoms with van der Waals surface area (Å²) in [4.78, 5) is 27.7. The van der Waals surface area contributed by atoms with Crippen LogP contribution in [0.5, 0.6) is 0 Å². The second-order valence-corrected chi connectivity index (χ2v) is 7.37. The van der Waals surface area contributed by atoms with Gasteiger partial charge in [-0.25, -0.2) is 4.39 Å². The standard InChI is InChI=1S/C20H28FN3O3/c21-17-5-3-16(4-6-17)20(7-12-27-13-8-20)19(26)24-11-1-2-15(14-24)18(25)23-10-9-22/h3-6,15H,1-2,7-14,22H2,(H,23,25). The molecule has 2 amide bonds. The number of amides is 2. The maximum atomic E-state index is 13.6. The zero-order valence-corrected chi connectivity index (χ0v) is 15.6. The van der Waals surface area contributed by atoms with Crippen LogP contribution in [-0.2, 0) is 19.7 Å². The first-order valence-corrected chi connectivity index (χ1v) is 9.68. The van der Waals surface area contributed by atoms with Crippen LogP contribution in [0, 0.1) is 11.7 Å². The average Bonchev–Trinajstić information content (AvgIpc) is 2.72. The first-order valence-electron chi connectivity index (χ1n) is 9.68. The van der Waals surface area contributed by atoms with Crippen LogP contribution in [0.3, 0.4) is 0 Å². The van der Waals surface area contributed by atoms with Gasteiger partial charge in [0.05, 0.1) is 11.3 Å². The molecule has 2 saturated heterocycles. The van der Waals surface area contributed by atoms with E-state index in [1.807, 2.05) is 4.90 Å². The molecule has 148 valence electrons. The third-order valence-electron chi connectivity index (χ3n) is 5.68. The topological polar surface area (TPSA) is 84.7 Å². The highest BCUT2D eigenvalue weighted by Gasteiger charge is 2.45. The van der Waals surface area contributed by atoms with E-state index in [0.29, 0.717) is 52.2 Å². The fourth-order valence-corrected chi connectivity index (χ4v) is 4.13. The number of halogens is 1. The molecule has 2 heterocycles. The molecule has 1 atom stereocenters. The van der Waals surface area contributed by atoms with Crippen LogP contribution in [0.4, 0.5) is 4.39 Å². The van der Waals surface area contributed by atoms with Crippen LogP contribution in [0.15, 0.2) is 24.3 Å². The van der Waals surface area contributed by atoms with E-state index in [1.54, 1.807) is 12.1 Å². The second-order valence-electron chi connectivity index (χ2n) is 7.37. The number of rotatable bonds is 5. The summed E-state index contributed by atoms with van der Waals surface area (Å²) >= 11 is 0. The van der Waals surface area contributed by atoms with Crippen molar-refractivity contribution in [1.82, 2.24) is 10.2 Å². The fraction of sp³-hybridized carbons (Fsp3) is 0.600. The molecule has 1 unspecified atom stereocenters. The molecule has 3 N–H and O–H groups in total. The van der Waals surface area contributed by atoms with E-state index < -0.39 is 5.41 Å².